The predicted octanol–water partition coefficient (Wildman–Crippen LogP) is 3.79. The van der Waals surface area contributed by atoms with Gasteiger partial charge in [0, 0.05) is 37.1 Å². The Morgan fingerprint density at radius 3 is 2.61 bits per heavy atom. The minimum Gasteiger partial charge on any atom is -0.357 e. The van der Waals surface area contributed by atoms with E-state index in [1.54, 1.807) is 11.3 Å². The van der Waals surface area contributed by atoms with Crippen LogP contribution in [0.5, 0.6) is 0 Å². The molecule has 1 aliphatic heterocycles. The summed E-state index contributed by atoms with van der Waals surface area (Å²) in [7, 11) is 0. The van der Waals surface area contributed by atoms with Crippen molar-refractivity contribution < 1.29 is 0 Å². The Bertz CT molecular complexity index is 770. The first-order valence-electron chi connectivity index (χ1n) is 10.3. The lowest BCUT2D eigenvalue weighted by Gasteiger charge is -2.33. The zero-order chi connectivity index (χ0) is 19.9. The van der Waals surface area contributed by atoms with Crippen LogP contribution in [0.3, 0.4) is 0 Å². The van der Waals surface area contributed by atoms with Crippen molar-refractivity contribution in [2.24, 2.45) is 4.99 Å². The third kappa shape index (κ3) is 5.79. The van der Waals surface area contributed by atoms with Gasteiger partial charge in [0.2, 0.25) is 0 Å². The van der Waals surface area contributed by atoms with E-state index in [0.717, 1.165) is 55.7 Å². The lowest BCUT2D eigenvalue weighted by atomic mass is 10.0. The van der Waals surface area contributed by atoms with Gasteiger partial charge in [0.05, 0.1) is 12.2 Å². The number of guanidine groups is 1. The number of aryl methyl sites for hydroxylation is 3. The number of hydrogen-bond acceptors (Lipinski definition) is 4. The predicted molar refractivity (Wildman–Crippen MR) is 119 cm³/mol. The van der Waals surface area contributed by atoms with E-state index in [9.17, 15) is 0 Å². The molecule has 28 heavy (non-hydrogen) atoms. The second-order valence-corrected chi connectivity index (χ2v) is 8.85. The number of benzene rings is 1. The molecule has 2 heterocycles. The average Bonchev–Trinajstić information content (AvgIpc) is 3.01. The van der Waals surface area contributed by atoms with Crippen LogP contribution in [-0.2, 0) is 13.1 Å². The fraction of sp³-hybridized carbons (Fsp3) is 0.545. The molecular weight excluding hydrogens is 366 g/mol. The molecule has 5 nitrogen and oxygen atoms in total. The molecule has 152 valence electrons. The number of piperidine rings is 1. The number of hydrogen-bond donors (Lipinski definition) is 2. The van der Waals surface area contributed by atoms with Gasteiger partial charge >= 0.3 is 0 Å². The molecule has 1 aromatic carbocycles. The van der Waals surface area contributed by atoms with E-state index in [2.05, 4.69) is 72.5 Å². The van der Waals surface area contributed by atoms with Gasteiger partial charge in [-0.3, -0.25) is 4.90 Å². The maximum absolute atomic E-state index is 4.76. The summed E-state index contributed by atoms with van der Waals surface area (Å²) in [6.45, 7) is 13.3. The zero-order valence-electron chi connectivity index (χ0n) is 17.6. The molecule has 3 rings (SSSR count). The van der Waals surface area contributed by atoms with Crippen LogP contribution in [-0.4, -0.2) is 41.5 Å². The average molecular weight is 400 g/mol. The molecule has 0 aliphatic carbocycles. The minimum absolute atomic E-state index is 0.477. The van der Waals surface area contributed by atoms with Crippen molar-refractivity contribution in [3.8, 4) is 0 Å². The van der Waals surface area contributed by atoms with Crippen LogP contribution in [0.4, 0.5) is 0 Å². The van der Waals surface area contributed by atoms with E-state index in [1.807, 2.05) is 0 Å². The molecule has 6 heteroatoms. The second-order valence-electron chi connectivity index (χ2n) is 7.57. The number of nitrogens with zero attached hydrogens (tertiary/aromatic N) is 3. The highest BCUT2D eigenvalue weighted by molar-refractivity contribution is 7.11. The topological polar surface area (TPSA) is 52.6 Å². The summed E-state index contributed by atoms with van der Waals surface area (Å²) < 4.78 is 0. The molecule has 0 amide bonds. The van der Waals surface area contributed by atoms with Crippen LogP contribution in [0.1, 0.15) is 46.5 Å². The van der Waals surface area contributed by atoms with Crippen molar-refractivity contribution in [2.75, 3.05) is 19.6 Å². The summed E-state index contributed by atoms with van der Waals surface area (Å²) in [5, 5.41) is 8.10. The minimum atomic E-state index is 0.477. The van der Waals surface area contributed by atoms with Crippen molar-refractivity contribution in [1.29, 1.82) is 0 Å². The number of rotatable bonds is 6. The quantitative estimate of drug-likeness (QED) is 0.573. The molecule has 1 aliphatic rings. The van der Waals surface area contributed by atoms with Crippen molar-refractivity contribution in [2.45, 2.75) is 59.7 Å². The van der Waals surface area contributed by atoms with Gasteiger partial charge in [0.25, 0.3) is 0 Å². The van der Waals surface area contributed by atoms with Gasteiger partial charge in [0.1, 0.15) is 5.01 Å². The van der Waals surface area contributed by atoms with Crippen LogP contribution in [0, 0.1) is 20.8 Å². The highest BCUT2D eigenvalue weighted by atomic mass is 32.1. The summed E-state index contributed by atoms with van der Waals surface area (Å²) >= 11 is 1.74. The van der Waals surface area contributed by atoms with Gasteiger partial charge in [-0.1, -0.05) is 24.3 Å². The normalized spacial score (nSPS) is 16.4. The zero-order valence-corrected chi connectivity index (χ0v) is 18.4. The highest BCUT2D eigenvalue weighted by Gasteiger charge is 2.20. The molecule has 0 bridgehead atoms. The number of aromatic nitrogens is 1. The summed E-state index contributed by atoms with van der Waals surface area (Å²) in [4.78, 5) is 13.2. The monoisotopic (exact) mass is 399 g/mol. The van der Waals surface area contributed by atoms with Crippen LogP contribution in [0.2, 0.25) is 0 Å². The Balaban J connectivity index is 1.51. The van der Waals surface area contributed by atoms with Crippen molar-refractivity contribution in [3.05, 3.63) is 51.0 Å². The largest absolute Gasteiger partial charge is 0.357 e. The Hall–Kier alpha value is -1.92. The lowest BCUT2D eigenvalue weighted by molar-refractivity contribution is 0.198. The molecule has 0 radical (unpaired) electrons. The van der Waals surface area contributed by atoms with Gasteiger partial charge in [-0.2, -0.15) is 0 Å². The molecular formula is C22H33N5S. The van der Waals surface area contributed by atoms with Crippen molar-refractivity contribution in [3.63, 3.8) is 0 Å². The van der Waals surface area contributed by atoms with Crippen LogP contribution in [0.15, 0.2) is 29.3 Å². The van der Waals surface area contributed by atoms with E-state index < -0.39 is 0 Å². The molecule has 1 aromatic heterocycles. The Kier molecular flexibility index (Phi) is 7.45. The van der Waals surface area contributed by atoms with E-state index >= 15 is 0 Å². The van der Waals surface area contributed by atoms with Gasteiger partial charge < -0.3 is 10.6 Å². The number of nitrogens with one attached hydrogen (secondary N) is 2. The summed E-state index contributed by atoms with van der Waals surface area (Å²) in [6, 6.07) is 9.18. The molecule has 1 saturated heterocycles. The van der Waals surface area contributed by atoms with Gasteiger partial charge in [-0.15, -0.1) is 11.3 Å². The SMILES string of the molecule is CCNC(=NCc1nc(C)c(C)s1)NC1CCN(Cc2ccccc2C)CC1. The Labute approximate surface area is 173 Å². The van der Waals surface area contributed by atoms with Gasteiger partial charge in [-0.25, -0.2) is 9.98 Å². The Morgan fingerprint density at radius 1 is 1.21 bits per heavy atom. The molecule has 2 N–H and O–H groups in total. The fourth-order valence-electron chi connectivity index (χ4n) is 3.53. The molecule has 1 fully saturated rings. The fourth-order valence-corrected chi connectivity index (χ4v) is 4.39. The lowest BCUT2D eigenvalue weighted by Crippen LogP contribution is -2.48. The van der Waals surface area contributed by atoms with Crippen LogP contribution >= 0.6 is 11.3 Å². The Morgan fingerprint density at radius 2 is 1.96 bits per heavy atom. The molecule has 0 atom stereocenters. The standard InChI is InChI=1S/C22H33N5S/c1-5-23-22(24-14-21-25-17(3)18(4)28-21)26-20-10-12-27(13-11-20)15-19-9-7-6-8-16(19)2/h6-9,20H,5,10-15H2,1-4H3,(H2,23,24,26). The molecule has 0 unspecified atom stereocenters. The van der Waals surface area contributed by atoms with Gasteiger partial charge in [-0.05, 0) is 51.7 Å². The first-order chi connectivity index (χ1) is 13.5. The number of likely N-dealkylation sites (tertiary alicyclic amines) is 1. The highest BCUT2D eigenvalue weighted by Crippen LogP contribution is 2.18. The second kappa shape index (κ2) is 10.0. The summed E-state index contributed by atoms with van der Waals surface area (Å²) in [6.07, 6.45) is 2.29. The molecule has 2 aromatic rings. The number of aliphatic imine (C=N–C) groups is 1. The van der Waals surface area contributed by atoms with E-state index in [-0.39, 0.29) is 0 Å². The van der Waals surface area contributed by atoms with Crippen molar-refractivity contribution >= 4 is 17.3 Å². The summed E-state index contributed by atoms with van der Waals surface area (Å²) in [5.74, 6) is 0.908. The first-order valence-corrected chi connectivity index (χ1v) is 11.1. The molecule has 0 spiro atoms. The third-order valence-electron chi connectivity index (χ3n) is 5.37. The maximum Gasteiger partial charge on any atom is 0.191 e. The van der Waals surface area contributed by atoms with Crippen molar-refractivity contribution in [1.82, 2.24) is 20.5 Å². The summed E-state index contributed by atoms with van der Waals surface area (Å²) in [5.41, 5.74) is 3.95. The van der Waals surface area contributed by atoms with E-state index in [4.69, 9.17) is 4.99 Å². The number of thiazole rings is 1. The molecule has 0 saturated carbocycles. The third-order valence-corrected chi connectivity index (χ3v) is 6.43. The van der Waals surface area contributed by atoms with E-state index in [0.29, 0.717) is 12.6 Å². The van der Waals surface area contributed by atoms with Crippen LogP contribution < -0.4 is 10.6 Å². The maximum atomic E-state index is 4.76. The van der Waals surface area contributed by atoms with Crippen LogP contribution in [0.25, 0.3) is 0 Å². The first kappa shape index (κ1) is 20.8. The van der Waals surface area contributed by atoms with E-state index in [1.165, 1.54) is 16.0 Å². The van der Waals surface area contributed by atoms with Gasteiger partial charge in [0.15, 0.2) is 5.96 Å². The smallest absolute Gasteiger partial charge is 0.191 e.